The number of aryl methyl sites for hydroxylation is 1. The smallest absolute Gasteiger partial charge is 0.348 e. The fourth-order valence-electron chi connectivity index (χ4n) is 3.66. The molecule has 2 aromatic heterocycles. The normalized spacial score (nSPS) is 18.9. The van der Waals surface area contributed by atoms with Crippen molar-refractivity contribution in [3.05, 3.63) is 40.8 Å². The third-order valence-electron chi connectivity index (χ3n) is 5.24. The van der Waals surface area contributed by atoms with Gasteiger partial charge < -0.3 is 19.9 Å². The van der Waals surface area contributed by atoms with E-state index in [9.17, 15) is 14.3 Å². The lowest BCUT2D eigenvalue weighted by atomic mass is 9.95. The van der Waals surface area contributed by atoms with Gasteiger partial charge in [0.2, 0.25) is 0 Å². The monoisotopic (exact) mass is 431 g/mol. The summed E-state index contributed by atoms with van der Waals surface area (Å²) < 4.78 is 24.8. The van der Waals surface area contributed by atoms with E-state index >= 15 is 0 Å². The summed E-state index contributed by atoms with van der Waals surface area (Å²) in [7, 11) is 1.33. The number of benzene rings is 1. The van der Waals surface area contributed by atoms with Crippen molar-refractivity contribution in [1.29, 1.82) is 0 Å². The van der Waals surface area contributed by atoms with Gasteiger partial charge >= 0.3 is 5.97 Å². The third kappa shape index (κ3) is 3.95. The number of nitrogens with zero attached hydrogens (tertiary/aromatic N) is 2. The van der Waals surface area contributed by atoms with E-state index in [1.165, 1.54) is 36.9 Å². The topological polar surface area (TPSA) is 93.6 Å². The summed E-state index contributed by atoms with van der Waals surface area (Å²) in [5.41, 5.74) is 1.22. The first-order valence-corrected chi connectivity index (χ1v) is 10.5. The van der Waals surface area contributed by atoms with Crippen LogP contribution in [0.4, 0.5) is 15.9 Å². The first-order chi connectivity index (χ1) is 14.5. The zero-order valence-corrected chi connectivity index (χ0v) is 17.5. The van der Waals surface area contributed by atoms with E-state index in [-0.39, 0.29) is 6.10 Å². The van der Waals surface area contributed by atoms with E-state index < -0.39 is 17.9 Å². The quantitative estimate of drug-likeness (QED) is 0.580. The number of carbonyl (C=O) groups is 1. The van der Waals surface area contributed by atoms with Gasteiger partial charge in [-0.3, -0.25) is 0 Å². The van der Waals surface area contributed by atoms with Crippen LogP contribution in [0.2, 0.25) is 0 Å². The Balaban J connectivity index is 1.70. The number of rotatable bonds is 5. The van der Waals surface area contributed by atoms with Crippen LogP contribution in [0, 0.1) is 12.7 Å². The van der Waals surface area contributed by atoms with Gasteiger partial charge in [0, 0.05) is 6.07 Å². The Kier molecular flexibility index (Phi) is 5.83. The van der Waals surface area contributed by atoms with Gasteiger partial charge in [-0.15, -0.1) is 11.3 Å². The number of carbonyl (C=O) groups excluding carboxylic acids is 1. The molecule has 3 aromatic rings. The molecule has 0 aliphatic heterocycles. The number of aliphatic hydroxyl groups is 1. The Morgan fingerprint density at radius 1 is 1.30 bits per heavy atom. The number of aliphatic hydroxyl groups excluding tert-OH is 1. The highest BCUT2D eigenvalue weighted by atomic mass is 32.1. The minimum Gasteiger partial charge on any atom is -0.485 e. The minimum atomic E-state index is -0.581. The van der Waals surface area contributed by atoms with Crippen LogP contribution in [0.15, 0.2) is 24.5 Å². The van der Waals surface area contributed by atoms with E-state index in [1.54, 1.807) is 13.0 Å². The molecule has 2 atom stereocenters. The highest BCUT2D eigenvalue weighted by Crippen LogP contribution is 2.37. The summed E-state index contributed by atoms with van der Waals surface area (Å²) in [6.45, 7) is 1.81. The molecule has 1 aliphatic rings. The number of ether oxygens (including phenoxy) is 2. The van der Waals surface area contributed by atoms with Crippen molar-refractivity contribution in [2.24, 2.45) is 0 Å². The van der Waals surface area contributed by atoms with E-state index in [0.29, 0.717) is 50.8 Å². The second-order valence-corrected chi connectivity index (χ2v) is 8.22. The van der Waals surface area contributed by atoms with Crippen LogP contribution in [-0.4, -0.2) is 40.4 Å². The van der Waals surface area contributed by atoms with Crippen molar-refractivity contribution in [3.63, 3.8) is 0 Å². The van der Waals surface area contributed by atoms with Crippen LogP contribution in [0.3, 0.4) is 0 Å². The Bertz CT molecular complexity index is 1090. The van der Waals surface area contributed by atoms with Gasteiger partial charge in [-0.05, 0) is 43.9 Å². The molecular formula is C21H22FN3O4S. The maximum atomic E-state index is 13.9. The number of methoxy groups -OCH3 is 1. The number of thiophene rings is 1. The van der Waals surface area contributed by atoms with Crippen LogP contribution in [0.25, 0.3) is 10.2 Å². The van der Waals surface area contributed by atoms with Gasteiger partial charge in [-0.1, -0.05) is 6.42 Å². The van der Waals surface area contributed by atoms with Crippen LogP contribution in [0.1, 0.15) is 40.9 Å². The molecule has 9 heteroatoms. The van der Waals surface area contributed by atoms with Crippen LogP contribution in [0.5, 0.6) is 5.75 Å². The summed E-state index contributed by atoms with van der Waals surface area (Å²) >= 11 is 1.23. The van der Waals surface area contributed by atoms with Crippen LogP contribution < -0.4 is 10.1 Å². The Morgan fingerprint density at radius 3 is 2.87 bits per heavy atom. The Labute approximate surface area is 176 Å². The van der Waals surface area contributed by atoms with Gasteiger partial charge in [0.05, 0.1) is 24.3 Å². The summed E-state index contributed by atoms with van der Waals surface area (Å²) in [4.78, 5) is 21.7. The summed E-state index contributed by atoms with van der Waals surface area (Å²) in [6.07, 6.45) is 3.71. The molecule has 0 saturated heterocycles. The number of fused-ring (bicyclic) bond motifs is 1. The third-order valence-corrected chi connectivity index (χ3v) is 6.42. The lowest BCUT2D eigenvalue weighted by Gasteiger charge is -2.29. The van der Waals surface area contributed by atoms with Gasteiger partial charge in [0.15, 0.2) is 0 Å². The van der Waals surface area contributed by atoms with Crippen molar-refractivity contribution in [1.82, 2.24) is 9.97 Å². The summed E-state index contributed by atoms with van der Waals surface area (Å²) in [5.74, 6) is -0.0924. The lowest BCUT2D eigenvalue weighted by molar-refractivity contribution is 0.00712. The molecule has 1 fully saturated rings. The van der Waals surface area contributed by atoms with E-state index in [0.717, 1.165) is 12.8 Å². The molecule has 1 aromatic carbocycles. The van der Waals surface area contributed by atoms with Crippen molar-refractivity contribution in [3.8, 4) is 5.75 Å². The maximum Gasteiger partial charge on any atom is 0.348 e. The average molecular weight is 431 g/mol. The molecule has 1 saturated carbocycles. The van der Waals surface area contributed by atoms with Crippen molar-refractivity contribution < 1.29 is 23.8 Å². The second kappa shape index (κ2) is 8.53. The highest BCUT2D eigenvalue weighted by molar-refractivity contribution is 7.20. The molecule has 1 aliphatic carbocycles. The zero-order valence-electron chi connectivity index (χ0n) is 16.6. The molecular weight excluding hydrogens is 409 g/mol. The van der Waals surface area contributed by atoms with Crippen molar-refractivity contribution in [2.75, 3.05) is 12.4 Å². The van der Waals surface area contributed by atoms with Gasteiger partial charge in [-0.25, -0.2) is 19.2 Å². The largest absolute Gasteiger partial charge is 0.485 e. The molecule has 0 amide bonds. The molecule has 2 unspecified atom stereocenters. The fraction of sp³-hybridized carbons (Fsp3) is 0.381. The molecule has 0 bridgehead atoms. The fourth-order valence-corrected chi connectivity index (χ4v) is 4.72. The molecule has 30 heavy (non-hydrogen) atoms. The Morgan fingerprint density at radius 2 is 2.10 bits per heavy atom. The number of nitrogens with one attached hydrogen (secondary N) is 1. The lowest BCUT2D eigenvalue weighted by Crippen LogP contribution is -2.34. The molecule has 2 heterocycles. The van der Waals surface area contributed by atoms with E-state index in [4.69, 9.17) is 9.47 Å². The Hall–Kier alpha value is -2.78. The number of halogens is 1. The van der Waals surface area contributed by atoms with Crippen LogP contribution >= 0.6 is 11.3 Å². The standard InChI is InChI=1S/C21H22FN3O4S/c1-11-17-19(23-10-24-20(17)30-18(11)21(27)28-2)25-13-8-7-12(22)9-16(13)29-15-6-4-3-5-14(15)26/h7-10,14-15,26H,3-6H2,1-2H3,(H,23,24,25). The molecule has 158 valence electrons. The predicted molar refractivity (Wildman–Crippen MR) is 112 cm³/mol. The van der Waals surface area contributed by atoms with E-state index in [1.807, 2.05) is 0 Å². The molecule has 7 nitrogen and oxygen atoms in total. The molecule has 0 spiro atoms. The maximum absolute atomic E-state index is 13.9. The second-order valence-electron chi connectivity index (χ2n) is 7.22. The van der Waals surface area contributed by atoms with Crippen LogP contribution in [-0.2, 0) is 4.74 Å². The van der Waals surface area contributed by atoms with Crippen molar-refractivity contribution >= 4 is 39.0 Å². The summed E-state index contributed by atoms with van der Waals surface area (Å²) in [5, 5.41) is 14.1. The number of aromatic nitrogens is 2. The van der Waals surface area contributed by atoms with Gasteiger partial charge in [-0.2, -0.15) is 0 Å². The minimum absolute atomic E-state index is 0.300. The van der Waals surface area contributed by atoms with Crippen molar-refractivity contribution in [2.45, 2.75) is 44.8 Å². The first-order valence-electron chi connectivity index (χ1n) is 9.71. The number of esters is 1. The van der Waals surface area contributed by atoms with Gasteiger partial charge in [0.25, 0.3) is 0 Å². The number of hydrogen-bond acceptors (Lipinski definition) is 8. The number of hydrogen-bond donors (Lipinski definition) is 2. The number of anilines is 2. The zero-order chi connectivity index (χ0) is 21.3. The predicted octanol–water partition coefficient (Wildman–Crippen LogP) is 4.35. The first kappa shape index (κ1) is 20.5. The average Bonchev–Trinajstić information content (AvgIpc) is 3.08. The molecule has 4 rings (SSSR count). The molecule has 0 radical (unpaired) electrons. The van der Waals surface area contributed by atoms with E-state index in [2.05, 4.69) is 15.3 Å². The SMILES string of the molecule is COC(=O)c1sc2ncnc(Nc3ccc(F)cc3OC3CCCCC3O)c2c1C. The highest BCUT2D eigenvalue weighted by Gasteiger charge is 2.26. The van der Waals surface area contributed by atoms with Gasteiger partial charge in [0.1, 0.15) is 39.5 Å². The molecule has 2 N–H and O–H groups in total. The summed E-state index contributed by atoms with van der Waals surface area (Å²) in [6, 6.07) is 4.18.